The molecule has 36 heavy (non-hydrogen) atoms. The normalized spacial score (nSPS) is 11.2. The van der Waals surface area contributed by atoms with Crippen molar-refractivity contribution in [1.29, 1.82) is 0 Å². The molecule has 2 heterocycles. The number of benzene rings is 2. The Hall–Kier alpha value is -3.09. The van der Waals surface area contributed by atoms with Crippen LogP contribution < -0.4 is 4.74 Å². The number of aromatic amines is 1. The van der Waals surface area contributed by atoms with Gasteiger partial charge in [0.1, 0.15) is 17.8 Å². The fourth-order valence-corrected chi connectivity index (χ4v) is 4.92. The number of ether oxygens (including phenoxy) is 2. The summed E-state index contributed by atoms with van der Waals surface area (Å²) >= 11 is 13.0. The maximum Gasteiger partial charge on any atom is 0.355 e. The van der Waals surface area contributed by atoms with Crippen molar-refractivity contribution < 1.29 is 14.3 Å². The highest BCUT2D eigenvalue weighted by molar-refractivity contribution is 6.35. The summed E-state index contributed by atoms with van der Waals surface area (Å²) < 4.78 is 11.4. The molecular formula is C28H29Cl2N3O3. The molecule has 0 radical (unpaired) electrons. The van der Waals surface area contributed by atoms with Gasteiger partial charge in [-0.1, -0.05) is 29.3 Å². The first kappa shape index (κ1) is 26.0. The fourth-order valence-electron chi connectivity index (χ4n) is 4.56. The molecule has 0 atom stereocenters. The van der Waals surface area contributed by atoms with Gasteiger partial charge < -0.3 is 14.5 Å². The zero-order valence-corrected chi connectivity index (χ0v) is 22.6. The van der Waals surface area contributed by atoms with Crippen molar-refractivity contribution in [3.05, 3.63) is 74.4 Å². The van der Waals surface area contributed by atoms with Gasteiger partial charge >= 0.3 is 5.97 Å². The Bertz CT molecular complexity index is 1400. The molecular weight excluding hydrogens is 497 g/mol. The van der Waals surface area contributed by atoms with Gasteiger partial charge in [-0.25, -0.2) is 14.8 Å². The average Bonchev–Trinajstić information content (AvgIpc) is 3.20. The van der Waals surface area contributed by atoms with E-state index < -0.39 is 5.97 Å². The second-order valence-electron chi connectivity index (χ2n) is 8.79. The number of halogens is 2. The largest absolute Gasteiger partial charge is 0.494 e. The SMILES string of the molecule is CCOC(=O)c1[nH]c2c(-c3c(C)ncnc3C)c(Cl)ccc2c1CCCOc1cc(C)c(Cl)c(C)c1. The molecule has 8 heteroatoms. The van der Waals surface area contributed by atoms with Crippen molar-refractivity contribution in [3.8, 4) is 16.9 Å². The third-order valence-electron chi connectivity index (χ3n) is 6.24. The molecule has 0 saturated carbocycles. The Morgan fingerprint density at radius 2 is 1.67 bits per heavy atom. The molecule has 0 bridgehead atoms. The number of nitrogens with zero attached hydrogens (tertiary/aromatic N) is 2. The van der Waals surface area contributed by atoms with Gasteiger partial charge in [0.05, 0.1) is 23.8 Å². The van der Waals surface area contributed by atoms with Crippen molar-refractivity contribution in [1.82, 2.24) is 15.0 Å². The lowest BCUT2D eigenvalue weighted by molar-refractivity contribution is 0.0519. The lowest BCUT2D eigenvalue weighted by atomic mass is 9.98. The van der Waals surface area contributed by atoms with Crippen LogP contribution in [-0.2, 0) is 11.2 Å². The first-order chi connectivity index (χ1) is 17.2. The Balaban J connectivity index is 1.70. The van der Waals surface area contributed by atoms with E-state index >= 15 is 0 Å². The third-order valence-corrected chi connectivity index (χ3v) is 7.15. The molecule has 0 fully saturated rings. The van der Waals surface area contributed by atoms with E-state index in [0.29, 0.717) is 30.2 Å². The number of hydrogen-bond donors (Lipinski definition) is 1. The summed E-state index contributed by atoms with van der Waals surface area (Å²) in [6.45, 7) is 10.3. The summed E-state index contributed by atoms with van der Waals surface area (Å²) in [5.41, 5.74) is 7.30. The first-order valence-corrected chi connectivity index (χ1v) is 12.7. The van der Waals surface area contributed by atoms with E-state index in [4.69, 9.17) is 32.7 Å². The molecule has 1 N–H and O–H groups in total. The minimum absolute atomic E-state index is 0.282. The van der Waals surface area contributed by atoms with Crippen molar-refractivity contribution >= 4 is 40.1 Å². The molecule has 6 nitrogen and oxygen atoms in total. The second-order valence-corrected chi connectivity index (χ2v) is 9.57. The standard InChI is InChI=1S/C28H29Cl2N3O3/c1-6-35-28(34)27-20(8-7-11-36-19-12-15(2)25(30)16(3)13-19)21-9-10-22(29)24(26(21)33-27)23-17(4)31-14-32-18(23)5/h9-10,12-14,33H,6-8,11H2,1-5H3. The van der Waals surface area contributed by atoms with Crippen LogP contribution in [0, 0.1) is 27.7 Å². The van der Waals surface area contributed by atoms with E-state index in [0.717, 1.165) is 60.9 Å². The summed E-state index contributed by atoms with van der Waals surface area (Å²) in [7, 11) is 0. The molecule has 0 unspecified atom stereocenters. The van der Waals surface area contributed by atoms with Crippen molar-refractivity contribution in [2.45, 2.75) is 47.5 Å². The van der Waals surface area contributed by atoms with Crippen LogP contribution in [0.3, 0.4) is 0 Å². The van der Waals surface area contributed by atoms with Gasteiger partial charge in [-0.05, 0) is 82.3 Å². The molecule has 2 aromatic carbocycles. The van der Waals surface area contributed by atoms with E-state index in [1.165, 1.54) is 6.33 Å². The minimum atomic E-state index is -0.395. The van der Waals surface area contributed by atoms with E-state index in [1.54, 1.807) is 6.92 Å². The van der Waals surface area contributed by atoms with Gasteiger partial charge in [-0.2, -0.15) is 0 Å². The van der Waals surface area contributed by atoms with Gasteiger partial charge in [0, 0.05) is 32.9 Å². The van der Waals surface area contributed by atoms with Crippen LogP contribution in [0.15, 0.2) is 30.6 Å². The smallest absolute Gasteiger partial charge is 0.355 e. The number of carbonyl (C=O) groups excluding carboxylic acids is 1. The summed E-state index contributed by atoms with van der Waals surface area (Å²) in [5, 5.41) is 2.23. The highest BCUT2D eigenvalue weighted by Gasteiger charge is 2.23. The topological polar surface area (TPSA) is 77.1 Å². The summed E-state index contributed by atoms with van der Waals surface area (Å²) in [6.07, 6.45) is 2.85. The minimum Gasteiger partial charge on any atom is -0.494 e. The highest BCUT2D eigenvalue weighted by atomic mass is 35.5. The van der Waals surface area contributed by atoms with Gasteiger partial charge in [0.15, 0.2) is 0 Å². The van der Waals surface area contributed by atoms with Gasteiger partial charge in [0.25, 0.3) is 0 Å². The van der Waals surface area contributed by atoms with Crippen LogP contribution in [0.4, 0.5) is 0 Å². The molecule has 4 aromatic rings. The Labute approximate surface area is 221 Å². The zero-order valence-electron chi connectivity index (χ0n) is 21.1. The van der Waals surface area contributed by atoms with Crippen LogP contribution in [0.2, 0.25) is 10.0 Å². The predicted octanol–water partition coefficient (Wildman–Crippen LogP) is 7.35. The Morgan fingerprint density at radius 3 is 2.31 bits per heavy atom. The second kappa shape index (κ2) is 10.9. The van der Waals surface area contributed by atoms with Gasteiger partial charge in [-0.15, -0.1) is 0 Å². The van der Waals surface area contributed by atoms with E-state index in [9.17, 15) is 4.79 Å². The fraction of sp³-hybridized carbons (Fsp3) is 0.321. The van der Waals surface area contributed by atoms with E-state index in [2.05, 4.69) is 15.0 Å². The number of H-pyrrole nitrogens is 1. The molecule has 0 aliphatic carbocycles. The molecule has 4 rings (SSSR count). The highest BCUT2D eigenvalue weighted by Crippen LogP contribution is 2.39. The zero-order chi connectivity index (χ0) is 26.0. The third kappa shape index (κ3) is 5.06. The van der Waals surface area contributed by atoms with Crippen LogP contribution in [0.5, 0.6) is 5.75 Å². The number of hydrogen-bond acceptors (Lipinski definition) is 5. The summed E-state index contributed by atoms with van der Waals surface area (Å²) in [5.74, 6) is 0.386. The molecule has 2 aromatic heterocycles. The first-order valence-electron chi connectivity index (χ1n) is 11.9. The van der Waals surface area contributed by atoms with Crippen molar-refractivity contribution in [3.63, 3.8) is 0 Å². The molecule has 0 amide bonds. The van der Waals surface area contributed by atoms with E-state index in [1.807, 2.05) is 52.0 Å². The van der Waals surface area contributed by atoms with Crippen LogP contribution in [0.1, 0.15) is 51.9 Å². The maximum absolute atomic E-state index is 12.9. The molecule has 188 valence electrons. The summed E-state index contributed by atoms with van der Waals surface area (Å²) in [6, 6.07) is 7.67. The number of nitrogens with one attached hydrogen (secondary N) is 1. The number of aryl methyl sites for hydroxylation is 5. The van der Waals surface area contributed by atoms with Crippen LogP contribution in [0.25, 0.3) is 22.0 Å². The predicted molar refractivity (Wildman–Crippen MR) is 145 cm³/mol. The van der Waals surface area contributed by atoms with Gasteiger partial charge in [-0.3, -0.25) is 0 Å². The Morgan fingerprint density at radius 1 is 1.00 bits per heavy atom. The lowest BCUT2D eigenvalue weighted by Crippen LogP contribution is -2.09. The van der Waals surface area contributed by atoms with Crippen LogP contribution >= 0.6 is 23.2 Å². The van der Waals surface area contributed by atoms with Crippen molar-refractivity contribution in [2.24, 2.45) is 0 Å². The monoisotopic (exact) mass is 525 g/mol. The van der Waals surface area contributed by atoms with Crippen molar-refractivity contribution in [2.75, 3.05) is 13.2 Å². The lowest BCUT2D eigenvalue weighted by Gasteiger charge is -2.12. The molecule has 0 aliphatic rings. The molecule has 0 aliphatic heterocycles. The number of aromatic nitrogens is 3. The summed E-state index contributed by atoms with van der Waals surface area (Å²) in [4.78, 5) is 25.0. The van der Waals surface area contributed by atoms with E-state index in [-0.39, 0.29) is 6.61 Å². The maximum atomic E-state index is 12.9. The molecule has 0 spiro atoms. The van der Waals surface area contributed by atoms with Crippen LogP contribution in [-0.4, -0.2) is 34.1 Å². The number of rotatable bonds is 8. The number of carbonyl (C=O) groups is 1. The average molecular weight is 526 g/mol. The number of fused-ring (bicyclic) bond motifs is 1. The molecule has 0 saturated heterocycles. The van der Waals surface area contributed by atoms with Gasteiger partial charge in [0.2, 0.25) is 0 Å². The Kier molecular flexibility index (Phi) is 7.86. The number of esters is 1. The quantitative estimate of drug-likeness (QED) is 0.192.